The quantitative estimate of drug-likeness (QED) is 0.154. The van der Waals surface area contributed by atoms with E-state index in [4.69, 9.17) is 9.47 Å². The minimum absolute atomic E-state index is 0.475. The number of benzene rings is 15. The van der Waals surface area contributed by atoms with Crippen molar-refractivity contribution in [3.05, 3.63) is 348 Å². The van der Waals surface area contributed by atoms with Crippen molar-refractivity contribution in [3.63, 3.8) is 0 Å². The van der Waals surface area contributed by atoms with Crippen LogP contribution in [-0.4, -0.2) is 26.5 Å². The Kier molecular flexibility index (Phi) is 11.7. The van der Waals surface area contributed by atoms with Crippen LogP contribution in [0.5, 0.6) is 23.0 Å². The van der Waals surface area contributed by atoms with Gasteiger partial charge in [-0.3, -0.25) is 0 Å². The molecule has 0 N–H and O–H groups in total. The van der Waals surface area contributed by atoms with Gasteiger partial charge in [-0.1, -0.05) is 0 Å². The van der Waals surface area contributed by atoms with Gasteiger partial charge in [-0.05, 0) is 0 Å². The van der Waals surface area contributed by atoms with Gasteiger partial charge in [0.25, 0.3) is 0 Å². The molecule has 4 aliphatic carbocycles. The normalized spacial score (nSPS) is 17.2. The van der Waals surface area contributed by atoms with Crippen LogP contribution in [0, 0.1) is 0 Å². The summed E-state index contributed by atoms with van der Waals surface area (Å²) in [7, 11) is 0. The Balaban J connectivity index is 1.01. The summed E-state index contributed by atoms with van der Waals surface area (Å²) in [6.07, 6.45) is 0. The molecule has 6 heterocycles. The molecule has 0 amide bonds. The fourth-order valence-corrected chi connectivity index (χ4v) is 47.1. The Morgan fingerprint density at radius 3 is 0.645 bits per heavy atom. The number of para-hydroxylation sites is 4. The van der Waals surface area contributed by atoms with E-state index >= 15 is 0 Å². The van der Waals surface area contributed by atoms with E-state index in [2.05, 4.69) is 378 Å². The van der Waals surface area contributed by atoms with Gasteiger partial charge in [0.15, 0.2) is 0 Å². The van der Waals surface area contributed by atoms with Crippen LogP contribution in [0.3, 0.4) is 0 Å². The van der Waals surface area contributed by atoms with Crippen LogP contribution < -0.4 is 64.2 Å². The van der Waals surface area contributed by atoms with Gasteiger partial charge in [-0.25, -0.2) is 0 Å². The van der Waals surface area contributed by atoms with Crippen LogP contribution in [-0.2, 0) is 21.7 Å². The summed E-state index contributed by atoms with van der Waals surface area (Å²) in [5.41, 5.74) is 32.2. The van der Waals surface area contributed by atoms with Crippen molar-refractivity contribution in [2.45, 2.75) is 77.0 Å². The van der Waals surface area contributed by atoms with Crippen LogP contribution in [0.1, 0.15) is 99.9 Å². The van der Waals surface area contributed by atoms with Crippen LogP contribution >= 0.6 is 0 Å². The summed E-state index contributed by atoms with van der Waals surface area (Å²) in [5, 5.41) is 0. The molecule has 0 spiro atoms. The monoisotopic (exact) mass is 1530 g/mol. The molecule has 0 fully saturated rings. The Morgan fingerprint density at radius 1 is 0.218 bits per heavy atom. The standard InChI is InChI=1S/C102H74Ge2N4O2/c1-99(2)73-51-31-27-47-65(73)69-55-77-85-95(81(69)99)109-96-82-70(66-48-28-32-52-74(66)100(82,3)4)56-78-86(96)103(85,59-35-15-9-16-36-59)89-91(105(77)61-39-19-11-20-40-61)93-90-94(92(89)106(78)62-41-21-12-22-42-62)108(64-45-25-14-26-46-64)80-58-72-68-50-30-34-54-76(68)102(7,8)84(72)98-88(80)104(90,60-37-17-10-18-38-60)87-79(107(93)63-43-23-13-24-44-63)57-71-67-49-29-33-53-75(67)101(5,6)83(71)97(87)110-98/h9-58H,1-8H3. The summed E-state index contributed by atoms with van der Waals surface area (Å²) in [5.74, 6) is 4.05. The second-order valence-corrected chi connectivity index (χ2v) is 49.0. The Bertz CT molecular complexity index is 5970. The maximum absolute atomic E-state index is 8.79. The van der Waals surface area contributed by atoms with Crippen molar-refractivity contribution in [2.24, 2.45) is 0 Å². The maximum atomic E-state index is 8.79. The van der Waals surface area contributed by atoms with E-state index in [0.29, 0.717) is 0 Å². The van der Waals surface area contributed by atoms with Gasteiger partial charge in [0, 0.05) is 0 Å². The molecule has 6 nitrogen and oxygen atoms in total. The first-order valence-corrected chi connectivity index (χ1v) is 47.5. The molecule has 0 aromatic heterocycles. The molecule has 0 unspecified atom stereocenters. The van der Waals surface area contributed by atoms with Gasteiger partial charge in [0.05, 0.1) is 0 Å². The van der Waals surface area contributed by atoms with Crippen molar-refractivity contribution in [3.8, 4) is 67.5 Å². The van der Waals surface area contributed by atoms with E-state index in [1.165, 1.54) is 170 Å². The first-order valence-electron chi connectivity index (χ1n) is 39.1. The van der Waals surface area contributed by atoms with Crippen molar-refractivity contribution in [1.82, 2.24) is 0 Å². The van der Waals surface area contributed by atoms with E-state index in [-0.39, 0.29) is 0 Å². The molecule has 8 heteroatoms. The van der Waals surface area contributed by atoms with Crippen molar-refractivity contribution in [2.75, 3.05) is 19.6 Å². The van der Waals surface area contributed by atoms with Crippen molar-refractivity contribution in [1.29, 1.82) is 0 Å². The predicted octanol–water partition coefficient (Wildman–Crippen LogP) is 21.0. The molecule has 0 radical (unpaired) electrons. The summed E-state index contributed by atoms with van der Waals surface area (Å²) >= 11 is -10.2. The van der Waals surface area contributed by atoms with E-state index in [1.807, 2.05) is 0 Å². The summed E-state index contributed by atoms with van der Waals surface area (Å²) < 4.78 is 28.4. The number of hydrogen-bond acceptors (Lipinski definition) is 6. The molecule has 6 aliphatic heterocycles. The Hall–Kier alpha value is -11.8. The molecule has 0 bridgehead atoms. The zero-order valence-electron chi connectivity index (χ0n) is 62.5. The number of nitrogens with zero attached hydrogens (tertiary/aromatic N) is 4. The van der Waals surface area contributed by atoms with E-state index in [1.54, 1.807) is 0 Å². The third-order valence-electron chi connectivity index (χ3n) is 27.5. The summed E-state index contributed by atoms with van der Waals surface area (Å²) in [4.78, 5) is 11.2. The second kappa shape index (κ2) is 20.7. The number of fused-ring (bicyclic) bond motifs is 18. The van der Waals surface area contributed by atoms with Crippen LogP contribution in [0.2, 0.25) is 0 Å². The molecular weight excluding hydrogens is 1460 g/mol. The van der Waals surface area contributed by atoms with Gasteiger partial charge in [-0.15, -0.1) is 0 Å². The Morgan fingerprint density at radius 2 is 0.418 bits per heavy atom. The van der Waals surface area contributed by atoms with Gasteiger partial charge in [0.1, 0.15) is 0 Å². The summed E-state index contributed by atoms with van der Waals surface area (Å²) in [6, 6.07) is 118. The van der Waals surface area contributed by atoms with Crippen LogP contribution in [0.15, 0.2) is 303 Å². The third-order valence-corrected chi connectivity index (χ3v) is 48.0. The predicted molar refractivity (Wildman–Crippen MR) is 457 cm³/mol. The molecule has 0 saturated heterocycles. The minimum atomic E-state index is -5.11. The first-order chi connectivity index (χ1) is 53.7. The fraction of sp³-hybridized carbons (Fsp3) is 0.118. The molecule has 0 atom stereocenters. The number of ether oxygens (including phenoxy) is 2. The van der Waals surface area contributed by atoms with E-state index in [0.717, 1.165) is 45.7 Å². The number of hydrogen-bond donors (Lipinski definition) is 0. The van der Waals surface area contributed by atoms with Crippen molar-refractivity contribution >= 4 is 130 Å². The average Bonchev–Trinajstić information content (AvgIpc) is 0.865. The fourth-order valence-electron chi connectivity index (χ4n) is 23.4. The Labute approximate surface area is 646 Å². The molecule has 10 aliphatic rings. The molecule has 15 aromatic carbocycles. The number of anilines is 12. The van der Waals surface area contributed by atoms with Gasteiger partial charge in [-0.2, -0.15) is 0 Å². The van der Waals surface area contributed by atoms with Gasteiger partial charge < -0.3 is 0 Å². The zero-order valence-corrected chi connectivity index (χ0v) is 66.7. The summed E-state index contributed by atoms with van der Waals surface area (Å²) in [6.45, 7) is 19.8. The topological polar surface area (TPSA) is 31.4 Å². The van der Waals surface area contributed by atoms with E-state index < -0.39 is 48.2 Å². The van der Waals surface area contributed by atoms with Crippen molar-refractivity contribution < 1.29 is 9.47 Å². The van der Waals surface area contributed by atoms with Crippen LogP contribution in [0.4, 0.5) is 68.2 Å². The first kappa shape index (κ1) is 62.1. The molecule has 110 heavy (non-hydrogen) atoms. The van der Waals surface area contributed by atoms with Crippen LogP contribution in [0.25, 0.3) is 44.5 Å². The molecule has 15 aromatic rings. The molecule has 0 saturated carbocycles. The molecule has 522 valence electrons. The third kappa shape index (κ3) is 7.03. The average molecular weight is 1530 g/mol. The van der Waals surface area contributed by atoms with E-state index in [9.17, 15) is 0 Å². The zero-order chi connectivity index (χ0) is 73.2. The second-order valence-electron chi connectivity index (χ2n) is 34.0. The molecule has 25 rings (SSSR count). The molecular formula is C102H74Ge2N4O2. The van der Waals surface area contributed by atoms with Gasteiger partial charge in [0.2, 0.25) is 0 Å². The van der Waals surface area contributed by atoms with Gasteiger partial charge >= 0.3 is 651 Å². The number of rotatable bonds is 6. The SMILES string of the molecule is CC1(C)c2ccccc2-c2cc3[c]4c(c21)Oc1c2c(cc5[c]1[Ge]4([c]1ccccc1)[c]1c(c4[c]6c(c1N5c1ccccc1)N(c1ccccc1)c1cc5c(c7[c]1[Ge]6([c]1ccccc1)[c]1c(cc6c(c1O7)C(C)(C)c1ccccc1-6)N4c1ccccc1)C(C)(C)c1ccccc1-5)N3c1ccccc1)-c1ccccc1C2(C)C.